The van der Waals surface area contributed by atoms with Crippen LogP contribution in [0.15, 0.2) is 165 Å². The third-order valence-corrected chi connectivity index (χ3v) is 14.1. The van der Waals surface area contributed by atoms with E-state index in [0.29, 0.717) is 22.7 Å². The van der Waals surface area contributed by atoms with E-state index in [0.717, 1.165) is 9.79 Å². The normalized spacial score (nSPS) is 11.4. The number of amides is 2. The van der Waals surface area contributed by atoms with E-state index in [1.165, 1.54) is 56.8 Å². The number of sulfonamides is 2. The number of carbonyl (C=O) groups is 2. The Hall–Kier alpha value is -5.31. The summed E-state index contributed by atoms with van der Waals surface area (Å²) in [5.41, 5.74) is 1.98. The summed E-state index contributed by atoms with van der Waals surface area (Å²) in [6.07, 6.45) is 0. The fraction of sp³-hybridized carbons (Fsp3) is 0.0952. The fourth-order valence-electron chi connectivity index (χ4n) is 5.85. The summed E-state index contributed by atoms with van der Waals surface area (Å²) in [7, 11) is -7.96. The Bertz CT molecular complexity index is 2430. The van der Waals surface area contributed by atoms with Crippen molar-refractivity contribution in [3.05, 3.63) is 167 Å². The zero-order valence-electron chi connectivity index (χ0n) is 30.6. The van der Waals surface area contributed by atoms with Crippen molar-refractivity contribution in [3.8, 4) is 0 Å². The molecule has 0 saturated heterocycles. The topological polar surface area (TPSA) is 133 Å². The van der Waals surface area contributed by atoms with Gasteiger partial charge in [-0.15, -0.1) is 0 Å². The first-order valence-corrected chi connectivity index (χ1v) is 22.0. The standard InChI is InChI=1S/C42H36Cl2N4O6S3/c1-3-47(31-11-7-5-8-12-31)56(51,52)35-23-25-39(43)37(27-35)41(49)45-29-15-19-33(20-16-29)55-34-21-17-30(18-22-34)46-42(50)38-28-36(24-26-40(38)44)57(53,54)48(4-2)32-13-9-6-10-14-32/h5-28H,3-4H2,1-2H3,(H,45,49)(H,46,50). The van der Waals surface area contributed by atoms with E-state index in [1.54, 1.807) is 98.8 Å². The molecular formula is C42H36Cl2N4O6S3. The molecule has 0 spiro atoms. The summed E-state index contributed by atoms with van der Waals surface area (Å²) in [6, 6.07) is 39.6. The number of hydrogen-bond donors (Lipinski definition) is 2. The summed E-state index contributed by atoms with van der Waals surface area (Å²) in [6.45, 7) is 3.85. The molecule has 0 saturated carbocycles. The lowest BCUT2D eigenvalue weighted by Crippen LogP contribution is -2.31. The van der Waals surface area contributed by atoms with Crippen LogP contribution in [0.3, 0.4) is 0 Å². The first-order valence-electron chi connectivity index (χ1n) is 17.6. The van der Waals surface area contributed by atoms with Crippen LogP contribution in [-0.2, 0) is 20.0 Å². The summed E-state index contributed by atoms with van der Waals surface area (Å²) in [4.78, 5) is 28.2. The second-order valence-corrected chi connectivity index (χ2v) is 18.0. The van der Waals surface area contributed by atoms with Crippen molar-refractivity contribution in [1.82, 2.24) is 0 Å². The van der Waals surface area contributed by atoms with Crippen LogP contribution in [0.25, 0.3) is 0 Å². The van der Waals surface area contributed by atoms with Crippen molar-refractivity contribution in [2.45, 2.75) is 33.4 Å². The van der Waals surface area contributed by atoms with Gasteiger partial charge in [-0.25, -0.2) is 16.8 Å². The Morgan fingerprint density at radius 2 is 0.877 bits per heavy atom. The maximum atomic E-state index is 13.5. The van der Waals surface area contributed by atoms with Gasteiger partial charge in [-0.2, -0.15) is 0 Å². The highest BCUT2D eigenvalue weighted by Gasteiger charge is 2.27. The molecule has 6 aromatic rings. The molecule has 0 aliphatic heterocycles. The second-order valence-electron chi connectivity index (χ2n) is 12.4. The van der Waals surface area contributed by atoms with Gasteiger partial charge >= 0.3 is 0 Å². The lowest BCUT2D eigenvalue weighted by molar-refractivity contribution is 0.101. The molecule has 6 aromatic carbocycles. The number of benzene rings is 6. The molecule has 0 fully saturated rings. The molecule has 0 aliphatic carbocycles. The number of anilines is 4. The van der Waals surface area contributed by atoms with E-state index >= 15 is 0 Å². The number of nitrogens with one attached hydrogen (secondary N) is 2. The second kappa shape index (κ2) is 17.9. The van der Waals surface area contributed by atoms with Crippen LogP contribution in [-0.4, -0.2) is 41.7 Å². The molecule has 0 aromatic heterocycles. The molecule has 15 heteroatoms. The van der Waals surface area contributed by atoms with Gasteiger partial charge in [-0.05, 0) is 123 Å². The highest BCUT2D eigenvalue weighted by atomic mass is 35.5. The Labute approximate surface area is 346 Å². The maximum absolute atomic E-state index is 13.5. The zero-order valence-corrected chi connectivity index (χ0v) is 34.6. The summed E-state index contributed by atoms with van der Waals surface area (Å²) >= 11 is 14.2. The molecule has 292 valence electrons. The summed E-state index contributed by atoms with van der Waals surface area (Å²) in [5, 5.41) is 5.78. The minimum atomic E-state index is -3.98. The van der Waals surface area contributed by atoms with Crippen molar-refractivity contribution in [2.75, 3.05) is 32.3 Å². The van der Waals surface area contributed by atoms with Crippen LogP contribution in [0, 0.1) is 0 Å². The molecule has 2 N–H and O–H groups in total. The first kappa shape index (κ1) is 41.3. The van der Waals surface area contributed by atoms with Gasteiger partial charge in [-0.3, -0.25) is 18.2 Å². The SMILES string of the molecule is CCN(c1ccccc1)S(=O)(=O)c1ccc(Cl)c(C(=O)Nc2ccc(Sc3ccc(NC(=O)c4cc(S(=O)(=O)N(CC)c5ccccc5)ccc4Cl)cc3)cc2)c1. The van der Waals surface area contributed by atoms with Gasteiger partial charge in [0.05, 0.1) is 42.3 Å². The lowest BCUT2D eigenvalue weighted by Gasteiger charge is -2.23. The average molecular weight is 860 g/mol. The van der Waals surface area contributed by atoms with Crippen molar-refractivity contribution in [2.24, 2.45) is 0 Å². The molecule has 0 atom stereocenters. The Morgan fingerprint density at radius 3 is 1.21 bits per heavy atom. The number of rotatable bonds is 14. The van der Waals surface area contributed by atoms with Gasteiger partial charge in [0.15, 0.2) is 0 Å². The molecule has 2 amide bonds. The predicted molar refractivity (Wildman–Crippen MR) is 229 cm³/mol. The third-order valence-electron chi connectivity index (χ3n) is 8.66. The summed E-state index contributed by atoms with van der Waals surface area (Å²) in [5.74, 6) is -1.13. The largest absolute Gasteiger partial charge is 0.322 e. The predicted octanol–water partition coefficient (Wildman–Crippen LogP) is 10.1. The summed E-state index contributed by atoms with van der Waals surface area (Å²) < 4.78 is 56.7. The third kappa shape index (κ3) is 9.46. The maximum Gasteiger partial charge on any atom is 0.264 e. The van der Waals surface area contributed by atoms with Crippen LogP contribution in [0.2, 0.25) is 10.0 Å². The van der Waals surface area contributed by atoms with Crippen LogP contribution in [0.1, 0.15) is 34.6 Å². The smallest absolute Gasteiger partial charge is 0.264 e. The quantitative estimate of drug-likeness (QED) is 0.111. The molecule has 10 nitrogen and oxygen atoms in total. The first-order chi connectivity index (χ1) is 27.3. The lowest BCUT2D eigenvalue weighted by atomic mass is 10.2. The highest BCUT2D eigenvalue weighted by Crippen LogP contribution is 2.32. The van der Waals surface area contributed by atoms with E-state index < -0.39 is 31.9 Å². The van der Waals surface area contributed by atoms with Gasteiger partial charge in [0.2, 0.25) is 0 Å². The van der Waals surface area contributed by atoms with Gasteiger partial charge < -0.3 is 10.6 Å². The molecule has 0 aliphatic rings. The number of para-hydroxylation sites is 2. The van der Waals surface area contributed by atoms with Crippen LogP contribution in [0.4, 0.5) is 22.7 Å². The number of nitrogens with zero attached hydrogens (tertiary/aromatic N) is 2. The van der Waals surface area contributed by atoms with Crippen LogP contribution >= 0.6 is 35.0 Å². The Kier molecular flexibility index (Phi) is 13.0. The number of carbonyl (C=O) groups excluding carboxylic acids is 2. The van der Waals surface area contributed by atoms with E-state index in [4.69, 9.17) is 23.2 Å². The molecule has 0 bridgehead atoms. The molecule has 0 radical (unpaired) electrons. The highest BCUT2D eigenvalue weighted by molar-refractivity contribution is 7.99. The van der Waals surface area contributed by atoms with Crippen LogP contribution in [0.5, 0.6) is 0 Å². The van der Waals surface area contributed by atoms with Gasteiger partial charge in [0.25, 0.3) is 31.9 Å². The number of hydrogen-bond acceptors (Lipinski definition) is 7. The molecule has 6 rings (SSSR count). The fourth-order valence-corrected chi connectivity index (χ4v) is 10.1. The van der Waals surface area contributed by atoms with Gasteiger partial charge in [-0.1, -0.05) is 71.4 Å². The van der Waals surface area contributed by atoms with Crippen LogP contribution < -0.4 is 19.2 Å². The zero-order chi connectivity index (χ0) is 40.7. The van der Waals surface area contributed by atoms with E-state index in [9.17, 15) is 26.4 Å². The number of halogens is 2. The van der Waals surface area contributed by atoms with Gasteiger partial charge in [0.1, 0.15) is 0 Å². The molecule has 0 unspecified atom stereocenters. The van der Waals surface area contributed by atoms with Crippen molar-refractivity contribution >= 4 is 89.6 Å². The minimum absolute atomic E-state index is 0.0127. The van der Waals surface area contributed by atoms with Crippen molar-refractivity contribution in [3.63, 3.8) is 0 Å². The van der Waals surface area contributed by atoms with Crippen molar-refractivity contribution in [1.29, 1.82) is 0 Å². The molecule has 0 heterocycles. The minimum Gasteiger partial charge on any atom is -0.322 e. The molecular weight excluding hydrogens is 824 g/mol. The Balaban J connectivity index is 1.09. The monoisotopic (exact) mass is 858 g/mol. The van der Waals surface area contributed by atoms with E-state index in [2.05, 4.69) is 10.6 Å². The Morgan fingerprint density at radius 1 is 0.526 bits per heavy atom. The van der Waals surface area contributed by atoms with Gasteiger partial charge in [0, 0.05) is 34.3 Å². The van der Waals surface area contributed by atoms with E-state index in [-0.39, 0.29) is 44.1 Å². The average Bonchev–Trinajstić information content (AvgIpc) is 3.20. The molecule has 57 heavy (non-hydrogen) atoms. The van der Waals surface area contributed by atoms with E-state index in [1.807, 2.05) is 24.3 Å². The van der Waals surface area contributed by atoms with Crippen molar-refractivity contribution < 1.29 is 26.4 Å².